The zero-order chi connectivity index (χ0) is 15.2. The summed E-state index contributed by atoms with van der Waals surface area (Å²) in [5.74, 6) is 1.72. The fraction of sp³-hybridized carbons (Fsp3) is 0.294. The zero-order valence-corrected chi connectivity index (χ0v) is 14.1. The summed E-state index contributed by atoms with van der Waals surface area (Å²) < 4.78 is 11.8. The number of benzene rings is 2. The second-order valence-electron chi connectivity index (χ2n) is 4.65. The minimum absolute atomic E-state index is 0.0870. The number of nitrogens with one attached hydrogen (secondary N) is 1. The van der Waals surface area contributed by atoms with E-state index in [1.54, 1.807) is 14.2 Å². The molecule has 0 amide bonds. The molecule has 0 radical (unpaired) electrons. The van der Waals surface area contributed by atoms with Crippen LogP contribution in [0.3, 0.4) is 0 Å². The van der Waals surface area contributed by atoms with Crippen molar-refractivity contribution in [2.75, 3.05) is 20.8 Å². The molecule has 0 saturated heterocycles. The molecular formula is C17H20BrNO2. The van der Waals surface area contributed by atoms with E-state index in [9.17, 15) is 0 Å². The standard InChI is InChI=1S/C17H20BrNO2/c1-4-19-17(12-5-8-14(20-2)9-6-12)15-10-7-13(18)11-16(15)21-3/h5-11,17,19H,4H2,1-3H3. The van der Waals surface area contributed by atoms with Gasteiger partial charge in [0.05, 0.1) is 20.3 Å². The molecule has 1 atom stereocenters. The van der Waals surface area contributed by atoms with Crippen LogP contribution in [0.25, 0.3) is 0 Å². The van der Waals surface area contributed by atoms with E-state index in [0.29, 0.717) is 0 Å². The van der Waals surface area contributed by atoms with E-state index in [4.69, 9.17) is 9.47 Å². The van der Waals surface area contributed by atoms with Gasteiger partial charge in [0, 0.05) is 10.0 Å². The lowest BCUT2D eigenvalue weighted by Gasteiger charge is -2.21. The topological polar surface area (TPSA) is 30.5 Å². The fourth-order valence-corrected chi connectivity index (χ4v) is 2.67. The Balaban J connectivity index is 2.42. The maximum atomic E-state index is 5.53. The number of hydrogen-bond acceptors (Lipinski definition) is 3. The molecule has 0 spiro atoms. The van der Waals surface area contributed by atoms with Crippen LogP contribution in [0.4, 0.5) is 0 Å². The molecular weight excluding hydrogens is 330 g/mol. The Morgan fingerprint density at radius 1 is 1.05 bits per heavy atom. The number of ether oxygens (including phenoxy) is 2. The van der Waals surface area contributed by atoms with Crippen molar-refractivity contribution in [3.63, 3.8) is 0 Å². The molecule has 0 aromatic heterocycles. The summed E-state index contributed by atoms with van der Waals surface area (Å²) in [5, 5.41) is 3.51. The first-order chi connectivity index (χ1) is 10.2. The third kappa shape index (κ3) is 3.77. The molecule has 0 aliphatic rings. The normalized spacial score (nSPS) is 12.0. The van der Waals surface area contributed by atoms with E-state index in [1.165, 1.54) is 5.56 Å². The Morgan fingerprint density at radius 2 is 1.76 bits per heavy atom. The van der Waals surface area contributed by atoms with Gasteiger partial charge < -0.3 is 14.8 Å². The molecule has 1 N–H and O–H groups in total. The van der Waals surface area contributed by atoms with Crippen LogP contribution < -0.4 is 14.8 Å². The third-order valence-electron chi connectivity index (χ3n) is 3.36. The number of hydrogen-bond donors (Lipinski definition) is 1. The van der Waals surface area contributed by atoms with Gasteiger partial charge in [-0.2, -0.15) is 0 Å². The summed E-state index contributed by atoms with van der Waals surface area (Å²) in [6, 6.07) is 14.3. The maximum Gasteiger partial charge on any atom is 0.125 e. The van der Waals surface area contributed by atoms with Gasteiger partial charge >= 0.3 is 0 Å². The first-order valence-electron chi connectivity index (χ1n) is 6.90. The Labute approximate surface area is 134 Å². The summed E-state index contributed by atoms with van der Waals surface area (Å²) in [6.07, 6.45) is 0. The second-order valence-corrected chi connectivity index (χ2v) is 5.57. The van der Waals surface area contributed by atoms with Gasteiger partial charge in [-0.15, -0.1) is 0 Å². The Morgan fingerprint density at radius 3 is 2.33 bits per heavy atom. The molecule has 0 saturated carbocycles. The van der Waals surface area contributed by atoms with E-state index in [1.807, 2.05) is 24.3 Å². The van der Waals surface area contributed by atoms with Gasteiger partial charge in [-0.3, -0.25) is 0 Å². The molecule has 0 bridgehead atoms. The summed E-state index contributed by atoms with van der Waals surface area (Å²) in [5.41, 5.74) is 2.30. The van der Waals surface area contributed by atoms with Crippen molar-refractivity contribution in [2.45, 2.75) is 13.0 Å². The highest BCUT2D eigenvalue weighted by molar-refractivity contribution is 9.10. The summed E-state index contributed by atoms with van der Waals surface area (Å²) in [7, 11) is 3.37. The highest BCUT2D eigenvalue weighted by Gasteiger charge is 2.17. The summed E-state index contributed by atoms with van der Waals surface area (Å²) >= 11 is 3.48. The van der Waals surface area contributed by atoms with Crippen molar-refractivity contribution < 1.29 is 9.47 Å². The van der Waals surface area contributed by atoms with E-state index in [2.05, 4.69) is 46.4 Å². The van der Waals surface area contributed by atoms with Crippen LogP contribution in [-0.2, 0) is 0 Å². The third-order valence-corrected chi connectivity index (χ3v) is 3.86. The van der Waals surface area contributed by atoms with Gasteiger partial charge in [-0.25, -0.2) is 0 Å². The van der Waals surface area contributed by atoms with Crippen LogP contribution >= 0.6 is 15.9 Å². The van der Waals surface area contributed by atoms with Crippen LogP contribution in [0.2, 0.25) is 0 Å². The highest BCUT2D eigenvalue weighted by Crippen LogP contribution is 2.32. The van der Waals surface area contributed by atoms with Gasteiger partial charge in [0.2, 0.25) is 0 Å². The molecule has 0 fully saturated rings. The molecule has 112 valence electrons. The van der Waals surface area contributed by atoms with E-state index >= 15 is 0 Å². The van der Waals surface area contributed by atoms with Crippen LogP contribution in [-0.4, -0.2) is 20.8 Å². The first kappa shape index (κ1) is 15.9. The number of halogens is 1. The molecule has 3 nitrogen and oxygen atoms in total. The molecule has 0 aliphatic carbocycles. The maximum absolute atomic E-state index is 5.53. The minimum atomic E-state index is 0.0870. The van der Waals surface area contributed by atoms with Crippen LogP contribution in [0.5, 0.6) is 11.5 Å². The fourth-order valence-electron chi connectivity index (χ4n) is 2.33. The SMILES string of the molecule is CCNC(c1ccc(OC)cc1)c1ccc(Br)cc1OC. The van der Waals surface area contributed by atoms with Gasteiger partial charge in [0.25, 0.3) is 0 Å². The zero-order valence-electron chi connectivity index (χ0n) is 12.5. The van der Waals surface area contributed by atoms with Gasteiger partial charge in [0.15, 0.2) is 0 Å². The lowest BCUT2D eigenvalue weighted by Crippen LogP contribution is -2.22. The summed E-state index contributed by atoms with van der Waals surface area (Å²) in [4.78, 5) is 0. The smallest absolute Gasteiger partial charge is 0.125 e. The molecule has 2 aromatic carbocycles. The van der Waals surface area contributed by atoms with Gasteiger partial charge in [-0.05, 0) is 36.4 Å². The Bertz CT molecular complexity index is 584. The largest absolute Gasteiger partial charge is 0.497 e. The molecule has 0 heterocycles. The molecule has 0 aliphatic heterocycles. The van der Waals surface area contributed by atoms with Gasteiger partial charge in [0.1, 0.15) is 11.5 Å². The van der Waals surface area contributed by atoms with Crippen molar-refractivity contribution >= 4 is 15.9 Å². The van der Waals surface area contributed by atoms with Crippen molar-refractivity contribution in [1.82, 2.24) is 5.32 Å². The van der Waals surface area contributed by atoms with Crippen LogP contribution in [0.15, 0.2) is 46.9 Å². The average molecular weight is 350 g/mol. The monoisotopic (exact) mass is 349 g/mol. The quantitative estimate of drug-likeness (QED) is 0.848. The lowest BCUT2D eigenvalue weighted by molar-refractivity contribution is 0.403. The van der Waals surface area contributed by atoms with Crippen molar-refractivity contribution in [2.24, 2.45) is 0 Å². The minimum Gasteiger partial charge on any atom is -0.497 e. The highest BCUT2D eigenvalue weighted by atomic mass is 79.9. The number of rotatable bonds is 6. The predicted octanol–water partition coefficient (Wildman–Crippen LogP) is 4.17. The second kappa shape index (κ2) is 7.48. The molecule has 21 heavy (non-hydrogen) atoms. The molecule has 2 aromatic rings. The molecule has 1 unspecified atom stereocenters. The van der Waals surface area contributed by atoms with E-state index < -0.39 is 0 Å². The number of methoxy groups -OCH3 is 2. The molecule has 2 rings (SSSR count). The van der Waals surface area contributed by atoms with E-state index in [0.717, 1.165) is 28.1 Å². The van der Waals surface area contributed by atoms with Gasteiger partial charge in [-0.1, -0.05) is 41.1 Å². The molecule has 4 heteroatoms. The van der Waals surface area contributed by atoms with Crippen molar-refractivity contribution in [1.29, 1.82) is 0 Å². The Hall–Kier alpha value is -1.52. The lowest BCUT2D eigenvalue weighted by atomic mass is 9.97. The Kier molecular flexibility index (Phi) is 5.65. The summed E-state index contributed by atoms with van der Waals surface area (Å²) in [6.45, 7) is 2.97. The van der Waals surface area contributed by atoms with E-state index in [-0.39, 0.29) is 6.04 Å². The average Bonchev–Trinajstić information content (AvgIpc) is 2.53. The van der Waals surface area contributed by atoms with Crippen LogP contribution in [0, 0.1) is 0 Å². The van der Waals surface area contributed by atoms with Crippen molar-refractivity contribution in [3.8, 4) is 11.5 Å². The van der Waals surface area contributed by atoms with Crippen LogP contribution in [0.1, 0.15) is 24.1 Å². The first-order valence-corrected chi connectivity index (χ1v) is 7.69. The van der Waals surface area contributed by atoms with Crippen molar-refractivity contribution in [3.05, 3.63) is 58.1 Å². The predicted molar refractivity (Wildman–Crippen MR) is 89.2 cm³/mol.